The highest BCUT2D eigenvalue weighted by molar-refractivity contribution is 5.97. The van der Waals surface area contributed by atoms with Crippen LogP contribution in [0.2, 0.25) is 0 Å². The first-order valence-corrected chi connectivity index (χ1v) is 8.02. The van der Waals surface area contributed by atoms with E-state index in [0.717, 1.165) is 18.4 Å². The van der Waals surface area contributed by atoms with E-state index in [0.29, 0.717) is 31.6 Å². The van der Waals surface area contributed by atoms with Crippen LogP contribution < -0.4 is 4.90 Å². The summed E-state index contributed by atoms with van der Waals surface area (Å²) < 4.78 is 0. The number of carbonyl (C=O) groups is 2. The van der Waals surface area contributed by atoms with E-state index in [1.54, 1.807) is 11.0 Å². The third kappa shape index (κ3) is 3.09. The molecule has 3 rings (SSSR count). The summed E-state index contributed by atoms with van der Waals surface area (Å²) in [5.74, 6) is -1.11. The topological polar surface area (TPSA) is 104 Å². The van der Waals surface area contributed by atoms with Crippen LogP contribution in [0.25, 0.3) is 0 Å². The van der Waals surface area contributed by atoms with Crippen LogP contribution in [0.3, 0.4) is 0 Å². The molecule has 0 spiro atoms. The van der Waals surface area contributed by atoms with Crippen LogP contribution in [0.5, 0.6) is 0 Å². The van der Waals surface area contributed by atoms with Crippen LogP contribution in [0.4, 0.5) is 11.4 Å². The monoisotopic (exact) mass is 333 g/mol. The molecule has 1 amide bonds. The van der Waals surface area contributed by atoms with Crippen LogP contribution in [-0.2, 0) is 16.0 Å². The Bertz CT molecular complexity index is 690. The van der Waals surface area contributed by atoms with Crippen molar-refractivity contribution in [3.63, 3.8) is 0 Å². The molecule has 2 aliphatic heterocycles. The molecule has 0 aromatic heterocycles. The Balaban J connectivity index is 1.76. The number of carboxylic acids is 1. The molecule has 0 radical (unpaired) electrons. The van der Waals surface area contributed by atoms with E-state index in [-0.39, 0.29) is 18.1 Å². The normalized spacial score (nSPS) is 20.7. The molecule has 1 aromatic rings. The average molecular weight is 333 g/mol. The van der Waals surface area contributed by atoms with Crippen molar-refractivity contribution in [3.8, 4) is 0 Å². The lowest BCUT2D eigenvalue weighted by Crippen LogP contribution is -2.49. The molecule has 1 atom stereocenters. The Hall–Kier alpha value is -2.48. The maximum atomic E-state index is 12.6. The minimum absolute atomic E-state index is 0.0269. The molecule has 0 bridgehead atoms. The minimum atomic E-state index is -0.903. The van der Waals surface area contributed by atoms with Crippen molar-refractivity contribution in [2.75, 3.05) is 24.5 Å². The number of nitro groups is 1. The summed E-state index contributed by atoms with van der Waals surface area (Å²) >= 11 is 0. The molecule has 1 fully saturated rings. The van der Waals surface area contributed by atoms with Crippen LogP contribution >= 0.6 is 0 Å². The predicted octanol–water partition coefficient (Wildman–Crippen LogP) is 1.42. The average Bonchev–Trinajstić information content (AvgIpc) is 2.98. The summed E-state index contributed by atoms with van der Waals surface area (Å²) in [6.07, 6.45) is 2.92. The largest absolute Gasteiger partial charge is 0.480 e. The second-order valence-electron chi connectivity index (χ2n) is 6.19. The van der Waals surface area contributed by atoms with Gasteiger partial charge in [-0.2, -0.15) is 0 Å². The van der Waals surface area contributed by atoms with Gasteiger partial charge in [0.2, 0.25) is 5.91 Å². The Labute approximate surface area is 138 Å². The number of non-ortho nitro benzene ring substituents is 1. The summed E-state index contributed by atoms with van der Waals surface area (Å²) in [7, 11) is 0. The smallest absolute Gasteiger partial charge is 0.320 e. The Morgan fingerprint density at radius 1 is 1.29 bits per heavy atom. The van der Waals surface area contributed by atoms with Gasteiger partial charge >= 0.3 is 5.97 Å². The van der Waals surface area contributed by atoms with E-state index in [4.69, 9.17) is 0 Å². The fraction of sp³-hybridized carbons (Fsp3) is 0.500. The lowest BCUT2D eigenvalue weighted by molar-refractivity contribution is -0.384. The van der Waals surface area contributed by atoms with E-state index >= 15 is 0 Å². The lowest BCUT2D eigenvalue weighted by atomic mass is 10.0. The minimum Gasteiger partial charge on any atom is -0.480 e. The number of piperidine rings is 1. The molecule has 2 aliphatic rings. The van der Waals surface area contributed by atoms with E-state index < -0.39 is 16.9 Å². The third-order valence-corrected chi connectivity index (χ3v) is 4.71. The van der Waals surface area contributed by atoms with Crippen LogP contribution in [-0.4, -0.2) is 52.5 Å². The summed E-state index contributed by atoms with van der Waals surface area (Å²) in [6, 6.07) is 3.92. The number of carboxylic acid groups (broad SMARTS) is 1. The first-order chi connectivity index (χ1) is 11.5. The van der Waals surface area contributed by atoms with Gasteiger partial charge in [0.05, 0.1) is 17.2 Å². The number of nitrogens with zero attached hydrogens (tertiary/aromatic N) is 3. The van der Waals surface area contributed by atoms with Gasteiger partial charge in [-0.05, 0) is 31.4 Å². The van der Waals surface area contributed by atoms with Crippen molar-refractivity contribution < 1.29 is 19.6 Å². The first kappa shape index (κ1) is 16.4. The highest BCUT2D eigenvalue weighted by Crippen LogP contribution is 2.32. The number of rotatable bonds is 4. The van der Waals surface area contributed by atoms with Crippen LogP contribution in [0, 0.1) is 10.1 Å². The van der Waals surface area contributed by atoms with Gasteiger partial charge in [0, 0.05) is 18.7 Å². The summed E-state index contributed by atoms with van der Waals surface area (Å²) in [6.45, 7) is 1.08. The number of aliphatic carboxylic acids is 1. The molecule has 1 unspecified atom stereocenters. The second-order valence-corrected chi connectivity index (χ2v) is 6.19. The molecule has 0 aliphatic carbocycles. The number of hydrogen-bond donors (Lipinski definition) is 1. The van der Waals surface area contributed by atoms with E-state index in [2.05, 4.69) is 0 Å². The van der Waals surface area contributed by atoms with Gasteiger partial charge in [0.15, 0.2) is 0 Å². The Kier molecular flexibility index (Phi) is 4.48. The number of amides is 1. The predicted molar refractivity (Wildman–Crippen MR) is 86.0 cm³/mol. The molecule has 8 heteroatoms. The van der Waals surface area contributed by atoms with Crippen LogP contribution in [0.15, 0.2) is 18.2 Å². The number of likely N-dealkylation sites (tertiary alicyclic amines) is 1. The van der Waals surface area contributed by atoms with Gasteiger partial charge in [0.1, 0.15) is 6.04 Å². The summed E-state index contributed by atoms with van der Waals surface area (Å²) in [5.41, 5.74) is 1.43. The fourth-order valence-corrected chi connectivity index (χ4v) is 3.46. The number of hydrogen-bond acceptors (Lipinski definition) is 5. The molecular weight excluding hydrogens is 314 g/mol. The highest BCUT2D eigenvalue weighted by Gasteiger charge is 2.33. The van der Waals surface area contributed by atoms with Crippen LogP contribution in [0.1, 0.15) is 24.8 Å². The number of nitro benzene ring substituents is 1. The zero-order chi connectivity index (χ0) is 17.3. The van der Waals surface area contributed by atoms with E-state index in [1.165, 1.54) is 17.0 Å². The van der Waals surface area contributed by atoms with Crippen molar-refractivity contribution >= 4 is 23.3 Å². The zero-order valence-electron chi connectivity index (χ0n) is 13.2. The number of fused-ring (bicyclic) bond motifs is 1. The Morgan fingerprint density at radius 3 is 2.79 bits per heavy atom. The second kappa shape index (κ2) is 6.56. The summed E-state index contributed by atoms with van der Waals surface area (Å²) in [4.78, 5) is 37.7. The van der Waals surface area contributed by atoms with Crippen molar-refractivity contribution in [2.45, 2.75) is 31.7 Å². The van der Waals surface area contributed by atoms with Gasteiger partial charge in [0.25, 0.3) is 5.69 Å². The molecule has 1 saturated heterocycles. The van der Waals surface area contributed by atoms with Gasteiger partial charge in [-0.3, -0.25) is 24.6 Å². The van der Waals surface area contributed by atoms with Gasteiger partial charge in [-0.25, -0.2) is 0 Å². The number of anilines is 1. The first-order valence-electron chi connectivity index (χ1n) is 8.02. The van der Waals surface area contributed by atoms with Crippen molar-refractivity contribution in [1.29, 1.82) is 0 Å². The van der Waals surface area contributed by atoms with Crippen molar-refractivity contribution in [3.05, 3.63) is 33.9 Å². The lowest BCUT2D eigenvalue weighted by Gasteiger charge is -2.33. The number of carbonyl (C=O) groups excluding carboxylic acids is 1. The molecule has 1 aromatic carbocycles. The van der Waals surface area contributed by atoms with E-state index in [1.807, 2.05) is 0 Å². The van der Waals surface area contributed by atoms with Gasteiger partial charge in [-0.15, -0.1) is 0 Å². The Morgan fingerprint density at radius 2 is 2.08 bits per heavy atom. The molecular formula is C16H19N3O5. The standard InChI is InChI=1S/C16H19N3O5/c20-15(10-17-7-2-1-3-13(17)16(21)22)18-8-6-11-4-5-12(19(23)24)9-14(11)18/h4-5,9,13H,1-3,6-8,10H2,(H,21,22). The van der Waals surface area contributed by atoms with Gasteiger partial charge < -0.3 is 10.0 Å². The maximum absolute atomic E-state index is 12.6. The van der Waals surface area contributed by atoms with Gasteiger partial charge in [-0.1, -0.05) is 12.5 Å². The number of benzene rings is 1. The molecule has 1 N–H and O–H groups in total. The van der Waals surface area contributed by atoms with Crippen molar-refractivity contribution in [2.24, 2.45) is 0 Å². The highest BCUT2D eigenvalue weighted by atomic mass is 16.6. The summed E-state index contributed by atoms with van der Waals surface area (Å²) in [5, 5.41) is 20.2. The fourth-order valence-electron chi connectivity index (χ4n) is 3.46. The molecule has 8 nitrogen and oxygen atoms in total. The zero-order valence-corrected chi connectivity index (χ0v) is 13.2. The van der Waals surface area contributed by atoms with E-state index in [9.17, 15) is 24.8 Å². The van der Waals surface area contributed by atoms with Crippen molar-refractivity contribution in [1.82, 2.24) is 4.90 Å². The molecule has 2 heterocycles. The molecule has 0 saturated carbocycles. The quantitative estimate of drug-likeness (QED) is 0.660. The maximum Gasteiger partial charge on any atom is 0.320 e. The molecule has 24 heavy (non-hydrogen) atoms. The third-order valence-electron chi connectivity index (χ3n) is 4.71. The molecule has 128 valence electrons. The SMILES string of the molecule is O=C(O)C1CCCCN1CC(=O)N1CCc2ccc([N+](=O)[O-])cc21.